The number of anilines is 1. The fourth-order valence-corrected chi connectivity index (χ4v) is 1.90. The zero-order valence-corrected chi connectivity index (χ0v) is 11.9. The van der Waals surface area contributed by atoms with Crippen molar-refractivity contribution < 1.29 is 9.90 Å². The van der Waals surface area contributed by atoms with Crippen LogP contribution < -0.4 is 5.32 Å². The van der Waals surface area contributed by atoms with Crippen LogP contribution in [-0.2, 0) is 0 Å². The summed E-state index contributed by atoms with van der Waals surface area (Å²) in [5.41, 5.74) is 2.02. The number of benzene rings is 2. The molecule has 2 aromatic carbocycles. The van der Waals surface area contributed by atoms with E-state index in [0.717, 1.165) is 9.13 Å². The highest BCUT2D eigenvalue weighted by Crippen LogP contribution is 2.20. The minimum absolute atomic E-state index is 0.156. The van der Waals surface area contributed by atoms with Gasteiger partial charge >= 0.3 is 0 Å². The van der Waals surface area contributed by atoms with Gasteiger partial charge in [-0.2, -0.15) is 0 Å². The van der Waals surface area contributed by atoms with Crippen LogP contribution in [0.5, 0.6) is 5.75 Å². The van der Waals surface area contributed by atoms with Crippen LogP contribution in [0.3, 0.4) is 0 Å². The van der Waals surface area contributed by atoms with Gasteiger partial charge in [-0.15, -0.1) is 0 Å². The molecule has 0 atom stereocenters. The fraction of sp³-hybridized carbons (Fsp3) is 0.0714. The first-order chi connectivity index (χ1) is 8.56. The first kappa shape index (κ1) is 12.9. The Labute approximate surface area is 119 Å². The second kappa shape index (κ2) is 5.39. The Morgan fingerprint density at radius 3 is 2.44 bits per heavy atom. The molecule has 0 spiro atoms. The summed E-state index contributed by atoms with van der Waals surface area (Å²) in [4.78, 5) is 11.9. The van der Waals surface area contributed by atoms with Crippen LogP contribution >= 0.6 is 22.6 Å². The van der Waals surface area contributed by atoms with Gasteiger partial charge in [0.1, 0.15) is 5.75 Å². The van der Waals surface area contributed by atoms with Gasteiger partial charge in [0.25, 0.3) is 5.91 Å². The lowest BCUT2D eigenvalue weighted by molar-refractivity contribution is 0.102. The first-order valence-corrected chi connectivity index (χ1v) is 6.50. The molecule has 92 valence electrons. The highest BCUT2D eigenvalue weighted by Gasteiger charge is 2.06. The highest BCUT2D eigenvalue weighted by molar-refractivity contribution is 14.1. The summed E-state index contributed by atoms with van der Waals surface area (Å²) in [6.45, 7) is 1.79. The van der Waals surface area contributed by atoms with Gasteiger partial charge < -0.3 is 10.4 Å². The summed E-state index contributed by atoms with van der Waals surface area (Å²) in [5, 5.41) is 12.2. The number of phenols is 1. The second-order valence-corrected chi connectivity index (χ2v) is 5.21. The van der Waals surface area contributed by atoms with Crippen molar-refractivity contribution in [1.29, 1.82) is 0 Å². The van der Waals surface area contributed by atoms with E-state index < -0.39 is 0 Å². The van der Waals surface area contributed by atoms with Crippen LogP contribution in [0, 0.1) is 10.5 Å². The molecule has 0 saturated heterocycles. The molecule has 2 rings (SSSR count). The summed E-state index contributed by atoms with van der Waals surface area (Å²) in [6, 6.07) is 12.3. The zero-order valence-electron chi connectivity index (χ0n) is 9.77. The molecule has 0 aliphatic rings. The molecule has 2 N–H and O–H groups in total. The van der Waals surface area contributed by atoms with Crippen molar-refractivity contribution in [3.8, 4) is 5.75 Å². The molecular weight excluding hydrogens is 341 g/mol. The average molecular weight is 353 g/mol. The quantitative estimate of drug-likeness (QED) is 0.641. The Morgan fingerprint density at radius 2 is 1.83 bits per heavy atom. The number of nitrogens with one attached hydrogen (secondary N) is 1. The van der Waals surface area contributed by atoms with E-state index in [2.05, 4.69) is 27.9 Å². The number of halogens is 1. The van der Waals surface area contributed by atoms with Gasteiger partial charge in [-0.25, -0.2) is 0 Å². The number of aryl methyl sites for hydroxylation is 1. The summed E-state index contributed by atoms with van der Waals surface area (Å²) in [6.07, 6.45) is 0. The third-order valence-electron chi connectivity index (χ3n) is 2.56. The van der Waals surface area contributed by atoms with Crippen molar-refractivity contribution in [2.24, 2.45) is 0 Å². The molecule has 4 heteroatoms. The number of hydrogen-bond donors (Lipinski definition) is 2. The Bertz CT molecular complexity index is 579. The van der Waals surface area contributed by atoms with Crippen LogP contribution in [0.25, 0.3) is 0 Å². The van der Waals surface area contributed by atoms with E-state index >= 15 is 0 Å². The molecule has 0 saturated carbocycles. The van der Waals surface area contributed by atoms with E-state index in [0.29, 0.717) is 11.3 Å². The number of aromatic hydroxyl groups is 1. The molecule has 1 amide bonds. The van der Waals surface area contributed by atoms with Crippen molar-refractivity contribution in [3.63, 3.8) is 0 Å². The number of carbonyl (C=O) groups is 1. The summed E-state index contributed by atoms with van der Waals surface area (Å²) in [7, 11) is 0. The zero-order chi connectivity index (χ0) is 13.1. The largest absolute Gasteiger partial charge is 0.508 e. The minimum atomic E-state index is -0.156. The molecule has 2 aromatic rings. The van der Waals surface area contributed by atoms with Crippen molar-refractivity contribution >= 4 is 34.2 Å². The molecule has 0 aliphatic heterocycles. The van der Waals surface area contributed by atoms with Gasteiger partial charge in [0.05, 0.1) is 0 Å². The van der Waals surface area contributed by atoms with E-state index in [1.807, 2.05) is 12.1 Å². The minimum Gasteiger partial charge on any atom is -0.508 e. The molecule has 0 unspecified atom stereocenters. The molecule has 0 radical (unpaired) electrons. The molecule has 0 fully saturated rings. The van der Waals surface area contributed by atoms with Crippen LogP contribution in [0.1, 0.15) is 15.9 Å². The van der Waals surface area contributed by atoms with Crippen LogP contribution in [-0.4, -0.2) is 11.0 Å². The van der Waals surface area contributed by atoms with E-state index in [4.69, 9.17) is 0 Å². The van der Waals surface area contributed by atoms with Crippen LogP contribution in [0.15, 0.2) is 42.5 Å². The Morgan fingerprint density at radius 1 is 1.17 bits per heavy atom. The van der Waals surface area contributed by atoms with Crippen LogP contribution in [0.2, 0.25) is 0 Å². The van der Waals surface area contributed by atoms with Gasteiger partial charge in [-0.05, 0) is 77.5 Å². The van der Waals surface area contributed by atoms with Gasteiger partial charge in [0.15, 0.2) is 0 Å². The molecule has 0 bridgehead atoms. The third kappa shape index (κ3) is 3.01. The Balaban J connectivity index is 2.16. The molecule has 0 heterocycles. The van der Waals surface area contributed by atoms with E-state index in [-0.39, 0.29) is 11.7 Å². The van der Waals surface area contributed by atoms with E-state index in [9.17, 15) is 9.90 Å². The topological polar surface area (TPSA) is 49.3 Å². The van der Waals surface area contributed by atoms with Gasteiger partial charge in [0, 0.05) is 14.8 Å². The van der Waals surface area contributed by atoms with Crippen molar-refractivity contribution in [2.45, 2.75) is 6.92 Å². The first-order valence-electron chi connectivity index (χ1n) is 5.43. The van der Waals surface area contributed by atoms with Crippen molar-refractivity contribution in [1.82, 2.24) is 0 Å². The Kier molecular flexibility index (Phi) is 3.86. The van der Waals surface area contributed by atoms with Crippen molar-refractivity contribution in [3.05, 3.63) is 57.2 Å². The normalized spacial score (nSPS) is 10.1. The second-order valence-electron chi connectivity index (χ2n) is 3.96. The molecule has 3 nitrogen and oxygen atoms in total. The summed E-state index contributed by atoms with van der Waals surface area (Å²) >= 11 is 2.19. The maximum atomic E-state index is 11.9. The number of hydrogen-bond acceptors (Lipinski definition) is 2. The standard InChI is InChI=1S/C14H12INO2/c1-9-8-12(6-7-13(9)17)16-14(18)10-2-4-11(15)5-3-10/h2-8,17H,1H3,(H,16,18). The average Bonchev–Trinajstić information content (AvgIpc) is 2.34. The summed E-state index contributed by atoms with van der Waals surface area (Å²) in [5.74, 6) is 0.0683. The maximum Gasteiger partial charge on any atom is 0.255 e. The lowest BCUT2D eigenvalue weighted by atomic mass is 10.2. The molecular formula is C14H12INO2. The smallest absolute Gasteiger partial charge is 0.255 e. The maximum absolute atomic E-state index is 11.9. The predicted molar refractivity (Wildman–Crippen MR) is 80.0 cm³/mol. The monoisotopic (exact) mass is 353 g/mol. The van der Waals surface area contributed by atoms with E-state index in [1.165, 1.54) is 0 Å². The fourth-order valence-electron chi connectivity index (χ4n) is 1.54. The van der Waals surface area contributed by atoms with Gasteiger partial charge in [0.2, 0.25) is 0 Å². The Hall–Kier alpha value is -1.56. The van der Waals surface area contributed by atoms with Crippen molar-refractivity contribution in [2.75, 3.05) is 5.32 Å². The lowest BCUT2D eigenvalue weighted by Crippen LogP contribution is -2.11. The number of rotatable bonds is 2. The highest BCUT2D eigenvalue weighted by atomic mass is 127. The van der Waals surface area contributed by atoms with Gasteiger partial charge in [-0.3, -0.25) is 4.79 Å². The van der Waals surface area contributed by atoms with Gasteiger partial charge in [-0.1, -0.05) is 0 Å². The predicted octanol–water partition coefficient (Wildman–Crippen LogP) is 3.56. The van der Waals surface area contributed by atoms with E-state index in [1.54, 1.807) is 37.3 Å². The van der Waals surface area contributed by atoms with Crippen LogP contribution in [0.4, 0.5) is 5.69 Å². The third-order valence-corrected chi connectivity index (χ3v) is 3.28. The summed E-state index contributed by atoms with van der Waals surface area (Å²) < 4.78 is 1.09. The SMILES string of the molecule is Cc1cc(NC(=O)c2ccc(I)cc2)ccc1O. The lowest BCUT2D eigenvalue weighted by Gasteiger charge is -2.07. The number of carbonyl (C=O) groups excluding carboxylic acids is 1. The molecule has 18 heavy (non-hydrogen) atoms. The molecule has 0 aliphatic carbocycles. The molecule has 0 aromatic heterocycles. The number of phenolic OH excluding ortho intramolecular Hbond substituents is 1. The number of amides is 1.